The highest BCUT2D eigenvalue weighted by atomic mass is 16.6. The van der Waals surface area contributed by atoms with E-state index in [0.29, 0.717) is 0 Å². The number of alkyl carbamates (subject to hydrolysis) is 1. The van der Waals surface area contributed by atoms with Crippen LogP contribution in [0, 0.1) is 0 Å². The Hall–Kier alpha value is -1.56. The number of aliphatic hydroxyl groups excluding tert-OH is 1. The topological polar surface area (TPSA) is 84.9 Å². The molecular formula is C12H21NO5. The van der Waals surface area contributed by atoms with Gasteiger partial charge in [-0.05, 0) is 27.7 Å². The van der Waals surface area contributed by atoms with Crippen molar-refractivity contribution in [1.29, 1.82) is 0 Å². The minimum absolute atomic E-state index is 0.00439. The summed E-state index contributed by atoms with van der Waals surface area (Å²) in [6, 6.07) is 0. The lowest BCUT2D eigenvalue weighted by Gasteiger charge is -2.28. The van der Waals surface area contributed by atoms with Crippen molar-refractivity contribution in [2.75, 3.05) is 13.2 Å². The number of carbonyl (C=O) groups excluding carboxylic acids is 2. The fraction of sp³-hybridized carbons (Fsp3) is 0.667. The van der Waals surface area contributed by atoms with Crippen LogP contribution in [0.5, 0.6) is 0 Å². The van der Waals surface area contributed by atoms with E-state index in [1.165, 1.54) is 13.0 Å². The summed E-state index contributed by atoms with van der Waals surface area (Å²) >= 11 is 0. The first-order valence-electron chi connectivity index (χ1n) is 5.55. The van der Waals surface area contributed by atoms with E-state index in [1.807, 2.05) is 0 Å². The van der Waals surface area contributed by atoms with Gasteiger partial charge in [0.1, 0.15) is 12.2 Å². The quantitative estimate of drug-likeness (QED) is 0.568. The van der Waals surface area contributed by atoms with Gasteiger partial charge >= 0.3 is 12.1 Å². The highest BCUT2D eigenvalue weighted by Crippen LogP contribution is 2.11. The molecule has 0 radical (unpaired) electrons. The molecular weight excluding hydrogens is 238 g/mol. The third-order valence-electron chi connectivity index (χ3n) is 1.88. The van der Waals surface area contributed by atoms with Crippen LogP contribution in [0.4, 0.5) is 4.79 Å². The maximum Gasteiger partial charge on any atom is 0.408 e. The van der Waals surface area contributed by atoms with Crippen LogP contribution in [0.15, 0.2) is 12.7 Å². The van der Waals surface area contributed by atoms with E-state index in [0.717, 1.165) is 0 Å². The summed E-state index contributed by atoms with van der Waals surface area (Å²) in [5.41, 5.74) is -2.23. The highest BCUT2D eigenvalue weighted by Gasteiger charge is 2.37. The maximum absolute atomic E-state index is 11.7. The monoisotopic (exact) mass is 259 g/mol. The molecule has 2 N–H and O–H groups in total. The van der Waals surface area contributed by atoms with E-state index < -0.39 is 29.8 Å². The number of hydrogen-bond donors (Lipinski definition) is 2. The third kappa shape index (κ3) is 5.67. The van der Waals surface area contributed by atoms with Gasteiger partial charge in [-0.1, -0.05) is 12.7 Å². The standard InChI is InChI=1S/C12H21NO5/c1-6-7-17-9(15)12(5,8-14)13-10(16)18-11(2,3)4/h6,14H,1,7-8H2,2-5H3,(H,13,16)/t12-/m0/s1. The summed E-state index contributed by atoms with van der Waals surface area (Å²) in [6.07, 6.45) is 0.595. The molecule has 0 spiro atoms. The van der Waals surface area contributed by atoms with Crippen molar-refractivity contribution in [2.24, 2.45) is 0 Å². The van der Waals surface area contributed by atoms with E-state index in [4.69, 9.17) is 9.47 Å². The fourth-order valence-electron chi connectivity index (χ4n) is 0.978. The second kappa shape index (κ2) is 6.39. The lowest BCUT2D eigenvalue weighted by atomic mass is 10.1. The number of ether oxygens (including phenoxy) is 2. The van der Waals surface area contributed by atoms with Gasteiger partial charge in [0.15, 0.2) is 5.54 Å². The average molecular weight is 259 g/mol. The summed E-state index contributed by atoms with van der Waals surface area (Å²) in [6.45, 7) is 9.24. The van der Waals surface area contributed by atoms with Gasteiger partial charge in [-0.25, -0.2) is 9.59 Å². The zero-order valence-electron chi connectivity index (χ0n) is 11.3. The van der Waals surface area contributed by atoms with Gasteiger partial charge in [0.2, 0.25) is 0 Å². The van der Waals surface area contributed by atoms with Crippen molar-refractivity contribution >= 4 is 12.1 Å². The van der Waals surface area contributed by atoms with Crippen LogP contribution in [-0.2, 0) is 14.3 Å². The predicted octanol–water partition coefficient (Wildman–Crippen LogP) is 0.991. The molecule has 0 aromatic carbocycles. The summed E-state index contributed by atoms with van der Waals surface area (Å²) in [7, 11) is 0. The molecule has 0 aromatic heterocycles. The molecule has 0 fully saturated rings. The Balaban J connectivity index is 4.60. The summed E-state index contributed by atoms with van der Waals surface area (Å²) in [4.78, 5) is 23.2. The fourth-order valence-corrected chi connectivity index (χ4v) is 0.978. The normalized spacial score (nSPS) is 14.3. The molecule has 0 aliphatic carbocycles. The van der Waals surface area contributed by atoms with Gasteiger partial charge in [-0.3, -0.25) is 0 Å². The van der Waals surface area contributed by atoms with Gasteiger partial charge in [0.25, 0.3) is 0 Å². The smallest absolute Gasteiger partial charge is 0.408 e. The Labute approximate surface area is 107 Å². The molecule has 18 heavy (non-hydrogen) atoms. The van der Waals surface area contributed by atoms with E-state index in [-0.39, 0.29) is 6.61 Å². The van der Waals surface area contributed by atoms with Gasteiger partial charge in [-0.2, -0.15) is 0 Å². The molecule has 0 aliphatic rings. The maximum atomic E-state index is 11.7. The number of esters is 1. The first kappa shape index (κ1) is 16.4. The molecule has 0 aromatic rings. The Bertz CT molecular complexity index is 321. The van der Waals surface area contributed by atoms with Crippen LogP contribution >= 0.6 is 0 Å². The zero-order valence-corrected chi connectivity index (χ0v) is 11.3. The SMILES string of the molecule is C=CCOC(=O)[C@](C)(CO)NC(=O)OC(C)(C)C. The van der Waals surface area contributed by atoms with Crippen molar-refractivity contribution in [3.63, 3.8) is 0 Å². The minimum Gasteiger partial charge on any atom is -0.460 e. The minimum atomic E-state index is -1.54. The predicted molar refractivity (Wildman–Crippen MR) is 66.0 cm³/mol. The number of carbonyl (C=O) groups is 2. The number of hydrogen-bond acceptors (Lipinski definition) is 5. The third-order valence-corrected chi connectivity index (χ3v) is 1.88. The zero-order chi connectivity index (χ0) is 14.4. The van der Waals surface area contributed by atoms with Crippen molar-refractivity contribution in [1.82, 2.24) is 5.32 Å². The van der Waals surface area contributed by atoms with E-state index in [1.54, 1.807) is 20.8 Å². The number of amides is 1. The molecule has 0 heterocycles. The molecule has 0 bridgehead atoms. The molecule has 6 heteroatoms. The van der Waals surface area contributed by atoms with E-state index in [9.17, 15) is 14.7 Å². The van der Waals surface area contributed by atoms with E-state index in [2.05, 4.69) is 11.9 Å². The van der Waals surface area contributed by atoms with Crippen LogP contribution in [0.3, 0.4) is 0 Å². The van der Waals surface area contributed by atoms with Crippen molar-refractivity contribution in [2.45, 2.75) is 38.8 Å². The van der Waals surface area contributed by atoms with Gasteiger partial charge in [0, 0.05) is 0 Å². The second-order valence-electron chi connectivity index (χ2n) is 5.00. The number of nitrogens with one attached hydrogen (secondary N) is 1. The molecule has 0 saturated heterocycles. The lowest BCUT2D eigenvalue weighted by Crippen LogP contribution is -2.56. The molecule has 6 nitrogen and oxygen atoms in total. The van der Waals surface area contributed by atoms with Crippen molar-refractivity contribution < 1.29 is 24.2 Å². The summed E-state index contributed by atoms with van der Waals surface area (Å²) in [5.74, 6) is -0.754. The number of rotatable bonds is 5. The molecule has 104 valence electrons. The van der Waals surface area contributed by atoms with Crippen LogP contribution in [0.2, 0.25) is 0 Å². The Morgan fingerprint density at radius 3 is 2.28 bits per heavy atom. The van der Waals surface area contributed by atoms with Gasteiger partial charge < -0.3 is 19.9 Å². The van der Waals surface area contributed by atoms with Crippen LogP contribution in [0.25, 0.3) is 0 Å². The summed E-state index contributed by atoms with van der Waals surface area (Å²) < 4.78 is 9.79. The second-order valence-corrected chi connectivity index (χ2v) is 5.00. The molecule has 0 rings (SSSR count). The first-order chi connectivity index (χ1) is 8.14. The first-order valence-corrected chi connectivity index (χ1v) is 5.55. The average Bonchev–Trinajstić information content (AvgIpc) is 2.22. The van der Waals surface area contributed by atoms with Gasteiger partial charge in [0.05, 0.1) is 6.61 Å². The highest BCUT2D eigenvalue weighted by molar-refractivity contribution is 5.85. The molecule has 0 aliphatic heterocycles. The number of aliphatic hydroxyl groups is 1. The van der Waals surface area contributed by atoms with Crippen molar-refractivity contribution in [3.8, 4) is 0 Å². The Morgan fingerprint density at radius 1 is 1.33 bits per heavy atom. The Morgan fingerprint density at radius 2 is 1.89 bits per heavy atom. The van der Waals surface area contributed by atoms with Gasteiger partial charge in [-0.15, -0.1) is 0 Å². The molecule has 0 saturated carbocycles. The van der Waals surface area contributed by atoms with Crippen LogP contribution < -0.4 is 5.32 Å². The van der Waals surface area contributed by atoms with Crippen molar-refractivity contribution in [3.05, 3.63) is 12.7 Å². The lowest BCUT2D eigenvalue weighted by molar-refractivity contribution is -0.151. The molecule has 1 amide bonds. The Kier molecular flexibility index (Phi) is 5.84. The molecule has 0 unspecified atom stereocenters. The van der Waals surface area contributed by atoms with E-state index >= 15 is 0 Å². The summed E-state index contributed by atoms with van der Waals surface area (Å²) in [5, 5.41) is 11.5. The molecule has 1 atom stereocenters. The largest absolute Gasteiger partial charge is 0.460 e. The van der Waals surface area contributed by atoms with Crippen LogP contribution in [0.1, 0.15) is 27.7 Å². The van der Waals surface area contributed by atoms with Crippen LogP contribution in [-0.4, -0.2) is 41.5 Å².